The van der Waals surface area contributed by atoms with Gasteiger partial charge >= 0.3 is 6.03 Å². The van der Waals surface area contributed by atoms with Gasteiger partial charge in [0.15, 0.2) is 0 Å². The van der Waals surface area contributed by atoms with Crippen LogP contribution >= 0.6 is 0 Å². The lowest BCUT2D eigenvalue weighted by Gasteiger charge is -2.31. The number of para-hydroxylation sites is 1. The van der Waals surface area contributed by atoms with E-state index in [-0.39, 0.29) is 6.03 Å². The van der Waals surface area contributed by atoms with E-state index >= 15 is 0 Å². The molecule has 0 bridgehead atoms. The van der Waals surface area contributed by atoms with Crippen molar-refractivity contribution in [1.82, 2.24) is 10.6 Å². The molecule has 26 heavy (non-hydrogen) atoms. The monoisotopic (exact) mass is 359 g/mol. The average molecular weight is 360 g/mol. The van der Waals surface area contributed by atoms with E-state index < -0.39 is 0 Å². The largest absolute Gasteiger partial charge is 0.378 e. The first-order valence-electron chi connectivity index (χ1n) is 10.0. The first kappa shape index (κ1) is 19.0. The third-order valence-corrected chi connectivity index (χ3v) is 5.61. The molecule has 1 aromatic carbocycles. The molecule has 1 aliphatic carbocycles. The van der Waals surface area contributed by atoms with Gasteiger partial charge < -0.3 is 20.3 Å². The number of urea groups is 1. The number of rotatable bonds is 5. The molecule has 2 unspecified atom stereocenters. The van der Waals surface area contributed by atoms with Crippen LogP contribution in [0.2, 0.25) is 0 Å². The van der Waals surface area contributed by atoms with Gasteiger partial charge in [0, 0.05) is 31.9 Å². The third-order valence-electron chi connectivity index (χ3n) is 5.61. The minimum atomic E-state index is -0.0624. The smallest absolute Gasteiger partial charge is 0.315 e. The number of hydrogen-bond acceptors (Lipinski definition) is 3. The summed E-state index contributed by atoms with van der Waals surface area (Å²) < 4.78 is 5.44. The van der Waals surface area contributed by atoms with Crippen molar-refractivity contribution in [2.75, 3.05) is 37.7 Å². The Morgan fingerprint density at radius 3 is 2.50 bits per heavy atom. The second-order valence-corrected chi connectivity index (χ2v) is 8.08. The number of benzene rings is 1. The van der Waals surface area contributed by atoms with Gasteiger partial charge in [-0.15, -0.1) is 0 Å². The Hall–Kier alpha value is -1.75. The summed E-state index contributed by atoms with van der Waals surface area (Å²) >= 11 is 0. The highest BCUT2D eigenvalue weighted by Gasteiger charge is 2.24. The lowest BCUT2D eigenvalue weighted by atomic mass is 9.77. The number of ether oxygens (including phenoxy) is 1. The molecule has 1 saturated carbocycles. The molecule has 5 nitrogen and oxygen atoms in total. The summed E-state index contributed by atoms with van der Waals surface area (Å²) in [5, 5.41) is 6.11. The number of nitrogens with one attached hydrogen (secondary N) is 2. The van der Waals surface area contributed by atoms with Gasteiger partial charge in [-0.25, -0.2) is 4.79 Å². The fourth-order valence-electron chi connectivity index (χ4n) is 4.53. The van der Waals surface area contributed by atoms with Gasteiger partial charge in [-0.1, -0.05) is 32.0 Å². The second kappa shape index (κ2) is 9.26. The van der Waals surface area contributed by atoms with E-state index in [1.54, 1.807) is 0 Å². The van der Waals surface area contributed by atoms with Crippen molar-refractivity contribution in [3.63, 3.8) is 0 Å². The molecule has 2 amide bonds. The van der Waals surface area contributed by atoms with Crippen LogP contribution < -0.4 is 15.5 Å². The Balaban J connectivity index is 1.47. The van der Waals surface area contributed by atoms with Gasteiger partial charge in [-0.3, -0.25) is 0 Å². The SMILES string of the molecule is CC1CC(C)CC(CNC(=O)NCc2ccccc2N2CCOCC2)C1. The van der Waals surface area contributed by atoms with E-state index in [1.165, 1.54) is 24.9 Å². The van der Waals surface area contributed by atoms with Gasteiger partial charge in [0.25, 0.3) is 0 Å². The Morgan fingerprint density at radius 1 is 1.08 bits per heavy atom. The number of nitrogens with zero attached hydrogens (tertiary/aromatic N) is 1. The summed E-state index contributed by atoms with van der Waals surface area (Å²) in [5.41, 5.74) is 2.36. The van der Waals surface area contributed by atoms with Crippen LogP contribution in [0.3, 0.4) is 0 Å². The molecule has 5 heteroatoms. The Labute approximate surface area is 157 Å². The van der Waals surface area contributed by atoms with Crippen molar-refractivity contribution in [3.05, 3.63) is 29.8 Å². The minimum Gasteiger partial charge on any atom is -0.378 e. The standard InChI is InChI=1S/C21H33N3O2/c1-16-11-17(2)13-18(12-16)14-22-21(25)23-15-19-5-3-4-6-20(19)24-7-9-26-10-8-24/h3-6,16-18H,7-15H2,1-2H3,(H2,22,23,25). The summed E-state index contributed by atoms with van der Waals surface area (Å²) in [5.74, 6) is 2.16. The van der Waals surface area contributed by atoms with Crippen LogP contribution in [0, 0.1) is 17.8 Å². The van der Waals surface area contributed by atoms with Gasteiger partial charge in [0.1, 0.15) is 0 Å². The number of carbonyl (C=O) groups is 1. The Kier molecular flexibility index (Phi) is 6.78. The van der Waals surface area contributed by atoms with E-state index in [4.69, 9.17) is 4.74 Å². The van der Waals surface area contributed by atoms with Crippen LogP contribution in [-0.2, 0) is 11.3 Å². The number of carbonyl (C=O) groups excluding carboxylic acids is 1. The summed E-state index contributed by atoms with van der Waals surface area (Å²) in [6, 6.07) is 8.25. The maximum atomic E-state index is 12.3. The summed E-state index contributed by atoms with van der Waals surface area (Å²) in [4.78, 5) is 14.6. The number of amides is 2. The number of hydrogen-bond donors (Lipinski definition) is 2. The highest BCUT2D eigenvalue weighted by Crippen LogP contribution is 2.32. The molecular formula is C21H33N3O2. The zero-order chi connectivity index (χ0) is 18.4. The first-order chi connectivity index (χ1) is 12.6. The summed E-state index contributed by atoms with van der Waals surface area (Å²) in [6.07, 6.45) is 3.77. The maximum Gasteiger partial charge on any atom is 0.315 e. The van der Waals surface area contributed by atoms with E-state index in [9.17, 15) is 4.79 Å². The van der Waals surface area contributed by atoms with Crippen molar-refractivity contribution in [3.8, 4) is 0 Å². The van der Waals surface area contributed by atoms with Gasteiger partial charge in [-0.05, 0) is 48.6 Å². The van der Waals surface area contributed by atoms with Crippen molar-refractivity contribution in [1.29, 1.82) is 0 Å². The molecule has 0 aromatic heterocycles. The molecule has 1 saturated heterocycles. The Morgan fingerprint density at radius 2 is 1.77 bits per heavy atom. The molecular weight excluding hydrogens is 326 g/mol. The number of morpholine rings is 1. The highest BCUT2D eigenvalue weighted by molar-refractivity contribution is 5.74. The molecule has 1 aromatic rings. The van der Waals surface area contributed by atoms with Crippen LogP contribution in [0.15, 0.2) is 24.3 Å². The normalized spacial score (nSPS) is 26.4. The fraction of sp³-hybridized carbons (Fsp3) is 0.667. The minimum absolute atomic E-state index is 0.0624. The van der Waals surface area contributed by atoms with Crippen molar-refractivity contribution in [2.45, 2.75) is 39.7 Å². The molecule has 2 fully saturated rings. The average Bonchev–Trinajstić information content (AvgIpc) is 2.65. The molecule has 144 valence electrons. The first-order valence-corrected chi connectivity index (χ1v) is 10.0. The Bertz CT molecular complexity index is 576. The zero-order valence-electron chi connectivity index (χ0n) is 16.2. The lowest BCUT2D eigenvalue weighted by molar-refractivity contribution is 0.122. The lowest BCUT2D eigenvalue weighted by Crippen LogP contribution is -2.40. The van der Waals surface area contributed by atoms with Gasteiger partial charge in [-0.2, -0.15) is 0 Å². The molecule has 1 heterocycles. The van der Waals surface area contributed by atoms with E-state index in [1.807, 2.05) is 6.07 Å². The van der Waals surface area contributed by atoms with Gasteiger partial charge in [0.2, 0.25) is 0 Å². The summed E-state index contributed by atoms with van der Waals surface area (Å²) in [6.45, 7) is 9.32. The van der Waals surface area contributed by atoms with E-state index in [2.05, 4.69) is 47.6 Å². The third kappa shape index (κ3) is 5.37. The van der Waals surface area contributed by atoms with Crippen LogP contribution in [0.5, 0.6) is 0 Å². The van der Waals surface area contributed by atoms with Crippen LogP contribution in [0.4, 0.5) is 10.5 Å². The molecule has 0 spiro atoms. The predicted octanol–water partition coefficient (Wildman–Crippen LogP) is 3.39. The molecule has 0 radical (unpaired) electrons. The van der Waals surface area contributed by atoms with Crippen LogP contribution in [0.1, 0.15) is 38.7 Å². The van der Waals surface area contributed by atoms with Gasteiger partial charge in [0.05, 0.1) is 13.2 Å². The molecule has 2 N–H and O–H groups in total. The molecule has 1 aliphatic heterocycles. The summed E-state index contributed by atoms with van der Waals surface area (Å²) in [7, 11) is 0. The molecule has 3 rings (SSSR count). The second-order valence-electron chi connectivity index (χ2n) is 8.08. The van der Waals surface area contributed by atoms with Crippen molar-refractivity contribution in [2.24, 2.45) is 17.8 Å². The van der Waals surface area contributed by atoms with Crippen LogP contribution in [-0.4, -0.2) is 38.9 Å². The topological polar surface area (TPSA) is 53.6 Å². The zero-order valence-corrected chi connectivity index (χ0v) is 16.2. The van der Waals surface area contributed by atoms with Crippen molar-refractivity contribution >= 4 is 11.7 Å². The highest BCUT2D eigenvalue weighted by atomic mass is 16.5. The number of anilines is 1. The molecule has 2 aliphatic rings. The van der Waals surface area contributed by atoms with Crippen molar-refractivity contribution < 1.29 is 9.53 Å². The van der Waals surface area contributed by atoms with Crippen LogP contribution in [0.25, 0.3) is 0 Å². The predicted molar refractivity (Wildman–Crippen MR) is 105 cm³/mol. The molecule has 2 atom stereocenters. The quantitative estimate of drug-likeness (QED) is 0.847. The maximum absolute atomic E-state index is 12.3. The van der Waals surface area contributed by atoms with E-state index in [0.717, 1.165) is 50.2 Å². The fourth-order valence-corrected chi connectivity index (χ4v) is 4.53. The van der Waals surface area contributed by atoms with E-state index in [0.29, 0.717) is 12.5 Å².